The first-order valence-corrected chi connectivity index (χ1v) is 5.43. The minimum absolute atomic E-state index is 0.499. The summed E-state index contributed by atoms with van der Waals surface area (Å²) in [5, 5.41) is 11.6. The molecule has 0 amide bonds. The van der Waals surface area contributed by atoms with Crippen molar-refractivity contribution in [1.29, 1.82) is 0 Å². The fourth-order valence-electron chi connectivity index (χ4n) is 1.63. The van der Waals surface area contributed by atoms with Crippen LogP contribution >= 0.6 is 0 Å². The van der Waals surface area contributed by atoms with Crippen molar-refractivity contribution < 1.29 is 4.42 Å². The van der Waals surface area contributed by atoms with Crippen molar-refractivity contribution in [3.63, 3.8) is 0 Å². The number of tetrazole rings is 1. The third-order valence-corrected chi connectivity index (χ3v) is 2.49. The lowest BCUT2D eigenvalue weighted by molar-refractivity contribution is 0.552. The molecule has 0 saturated carbocycles. The van der Waals surface area contributed by atoms with Crippen LogP contribution in [0.15, 0.2) is 41.6 Å². The lowest BCUT2D eigenvalue weighted by Crippen LogP contribution is -2.08. The van der Waals surface area contributed by atoms with E-state index in [1.165, 1.54) is 6.39 Å². The quantitative estimate of drug-likeness (QED) is 0.669. The van der Waals surface area contributed by atoms with Gasteiger partial charge in [-0.1, -0.05) is 6.07 Å². The molecule has 0 unspecified atom stereocenters. The van der Waals surface area contributed by atoms with Crippen LogP contribution in [0.3, 0.4) is 0 Å². The minimum Gasteiger partial charge on any atom is -0.451 e. The van der Waals surface area contributed by atoms with Gasteiger partial charge >= 0.3 is 0 Å². The lowest BCUT2D eigenvalue weighted by atomic mass is 10.2. The second kappa shape index (κ2) is 4.74. The van der Waals surface area contributed by atoms with Crippen LogP contribution in [0.4, 0.5) is 0 Å². The third-order valence-electron chi connectivity index (χ3n) is 2.49. The first kappa shape index (κ1) is 10.6. The van der Waals surface area contributed by atoms with E-state index in [4.69, 9.17) is 4.42 Å². The van der Waals surface area contributed by atoms with E-state index in [0.717, 1.165) is 17.1 Å². The molecule has 0 spiro atoms. The van der Waals surface area contributed by atoms with Crippen LogP contribution in [0.5, 0.6) is 0 Å². The van der Waals surface area contributed by atoms with Crippen molar-refractivity contribution in [3.05, 3.63) is 54.3 Å². The van der Waals surface area contributed by atoms with Crippen LogP contribution in [0.25, 0.3) is 0 Å². The van der Waals surface area contributed by atoms with E-state index in [1.807, 2.05) is 12.1 Å². The van der Waals surface area contributed by atoms with Crippen molar-refractivity contribution >= 4 is 0 Å². The fourth-order valence-corrected chi connectivity index (χ4v) is 1.63. The summed E-state index contributed by atoms with van der Waals surface area (Å²) in [5.41, 5.74) is 1.85. The highest BCUT2D eigenvalue weighted by Crippen LogP contribution is 2.06. The van der Waals surface area contributed by atoms with Gasteiger partial charge in [0.05, 0.1) is 6.54 Å². The SMILES string of the molecule is c1cncc(Cc2nnnn2Cc2cocn2)c1. The Kier molecular flexibility index (Phi) is 2.79. The molecule has 0 N–H and O–H groups in total. The maximum atomic E-state index is 4.92. The summed E-state index contributed by atoms with van der Waals surface area (Å²) in [5.74, 6) is 0.769. The van der Waals surface area contributed by atoms with Gasteiger partial charge in [0.15, 0.2) is 12.2 Å². The summed E-state index contributed by atoms with van der Waals surface area (Å²) in [6, 6.07) is 3.88. The molecule has 3 aromatic heterocycles. The number of aromatic nitrogens is 6. The largest absolute Gasteiger partial charge is 0.451 e. The average molecular weight is 242 g/mol. The normalized spacial score (nSPS) is 10.7. The first-order valence-electron chi connectivity index (χ1n) is 5.43. The smallest absolute Gasteiger partial charge is 0.180 e. The Hall–Kier alpha value is -2.57. The lowest BCUT2D eigenvalue weighted by Gasteiger charge is -2.02. The van der Waals surface area contributed by atoms with Crippen LogP contribution < -0.4 is 0 Å². The highest BCUT2D eigenvalue weighted by Gasteiger charge is 2.08. The number of hydrogen-bond acceptors (Lipinski definition) is 6. The molecule has 0 atom stereocenters. The molecule has 0 bridgehead atoms. The Balaban J connectivity index is 1.79. The first-order chi connectivity index (χ1) is 8.92. The Bertz CT molecular complexity index is 604. The number of oxazole rings is 1. The van der Waals surface area contributed by atoms with Crippen LogP contribution in [-0.4, -0.2) is 30.2 Å². The van der Waals surface area contributed by atoms with E-state index in [9.17, 15) is 0 Å². The van der Waals surface area contributed by atoms with Gasteiger partial charge in [-0.3, -0.25) is 4.98 Å². The highest BCUT2D eigenvalue weighted by molar-refractivity contribution is 5.13. The molecule has 0 aliphatic carbocycles. The molecule has 3 heterocycles. The van der Waals surface area contributed by atoms with E-state index in [0.29, 0.717) is 13.0 Å². The minimum atomic E-state index is 0.499. The van der Waals surface area contributed by atoms with Crippen LogP contribution in [0, 0.1) is 0 Å². The standard InChI is InChI=1S/C11H10N6O/c1-2-9(5-12-3-1)4-11-14-15-16-17(11)6-10-7-18-8-13-10/h1-3,5,7-8H,4,6H2. The van der Waals surface area contributed by atoms with E-state index in [-0.39, 0.29) is 0 Å². The summed E-state index contributed by atoms with van der Waals surface area (Å²) in [4.78, 5) is 8.11. The molecular formula is C11H10N6O. The summed E-state index contributed by atoms with van der Waals surface area (Å²) in [6.45, 7) is 0.499. The molecule has 90 valence electrons. The molecule has 7 nitrogen and oxygen atoms in total. The van der Waals surface area contributed by atoms with E-state index < -0.39 is 0 Å². The fraction of sp³-hybridized carbons (Fsp3) is 0.182. The molecule has 0 aromatic carbocycles. The monoisotopic (exact) mass is 242 g/mol. The van der Waals surface area contributed by atoms with Gasteiger partial charge in [0.1, 0.15) is 12.0 Å². The second-order valence-corrected chi connectivity index (χ2v) is 3.77. The maximum Gasteiger partial charge on any atom is 0.180 e. The molecule has 0 aliphatic heterocycles. The molecule has 7 heteroatoms. The molecule has 0 saturated heterocycles. The van der Waals surface area contributed by atoms with Gasteiger partial charge in [0.2, 0.25) is 0 Å². The van der Waals surface area contributed by atoms with Crippen LogP contribution in [-0.2, 0) is 13.0 Å². The topological polar surface area (TPSA) is 82.5 Å². The second-order valence-electron chi connectivity index (χ2n) is 3.77. The Morgan fingerprint density at radius 3 is 3.11 bits per heavy atom. The molecule has 0 radical (unpaired) electrons. The van der Waals surface area contributed by atoms with E-state index in [1.54, 1.807) is 23.3 Å². The molecule has 0 aliphatic rings. The van der Waals surface area contributed by atoms with Gasteiger partial charge in [-0.15, -0.1) is 5.10 Å². The zero-order chi connectivity index (χ0) is 12.2. The number of rotatable bonds is 4. The van der Waals surface area contributed by atoms with Gasteiger partial charge < -0.3 is 4.42 Å². The van der Waals surface area contributed by atoms with Crippen molar-refractivity contribution in [3.8, 4) is 0 Å². The number of hydrogen-bond donors (Lipinski definition) is 0. The van der Waals surface area contributed by atoms with Crippen molar-refractivity contribution in [2.75, 3.05) is 0 Å². The Morgan fingerprint density at radius 2 is 2.33 bits per heavy atom. The third kappa shape index (κ3) is 2.24. The predicted octanol–water partition coefficient (Wildman–Crippen LogP) is 0.695. The average Bonchev–Trinajstić information content (AvgIpc) is 3.04. The highest BCUT2D eigenvalue weighted by atomic mass is 16.3. The van der Waals surface area contributed by atoms with Gasteiger partial charge in [-0.25, -0.2) is 9.67 Å². The van der Waals surface area contributed by atoms with Crippen LogP contribution in [0.1, 0.15) is 17.1 Å². The number of nitrogens with zero attached hydrogens (tertiary/aromatic N) is 6. The van der Waals surface area contributed by atoms with E-state index >= 15 is 0 Å². The van der Waals surface area contributed by atoms with Gasteiger partial charge in [0.25, 0.3) is 0 Å². The summed E-state index contributed by atoms with van der Waals surface area (Å²) >= 11 is 0. The van der Waals surface area contributed by atoms with Crippen molar-refractivity contribution in [2.45, 2.75) is 13.0 Å². The molecule has 3 aromatic rings. The summed E-state index contributed by atoms with van der Waals surface area (Å²) in [7, 11) is 0. The molecular weight excluding hydrogens is 232 g/mol. The van der Waals surface area contributed by atoms with Crippen molar-refractivity contribution in [2.24, 2.45) is 0 Å². The van der Waals surface area contributed by atoms with Crippen molar-refractivity contribution in [1.82, 2.24) is 30.2 Å². The Labute approximate surface area is 102 Å². The zero-order valence-corrected chi connectivity index (χ0v) is 9.47. The van der Waals surface area contributed by atoms with Gasteiger partial charge in [0, 0.05) is 18.8 Å². The van der Waals surface area contributed by atoms with Crippen LogP contribution in [0.2, 0.25) is 0 Å². The Morgan fingerprint density at radius 1 is 1.33 bits per heavy atom. The van der Waals surface area contributed by atoms with Gasteiger partial charge in [-0.2, -0.15) is 0 Å². The predicted molar refractivity (Wildman–Crippen MR) is 60.5 cm³/mol. The molecule has 3 rings (SSSR count). The zero-order valence-electron chi connectivity index (χ0n) is 9.47. The summed E-state index contributed by atoms with van der Waals surface area (Å²) in [6.07, 6.45) is 7.14. The summed E-state index contributed by atoms with van der Waals surface area (Å²) < 4.78 is 6.62. The van der Waals surface area contributed by atoms with E-state index in [2.05, 4.69) is 25.5 Å². The molecule has 18 heavy (non-hydrogen) atoms. The van der Waals surface area contributed by atoms with Gasteiger partial charge in [-0.05, 0) is 22.1 Å². The molecule has 0 fully saturated rings. The number of pyridine rings is 1. The maximum absolute atomic E-state index is 4.92.